The van der Waals surface area contributed by atoms with Crippen molar-refractivity contribution in [2.24, 2.45) is 0 Å². The summed E-state index contributed by atoms with van der Waals surface area (Å²) < 4.78 is 30.5. The molecule has 1 saturated carbocycles. The third-order valence-corrected chi connectivity index (χ3v) is 5.84. The molecule has 1 fully saturated rings. The Morgan fingerprint density at radius 2 is 1.86 bits per heavy atom. The smallest absolute Gasteiger partial charge is 0.267 e. The monoisotopic (exact) mass is 489 g/mol. The molecule has 0 saturated heterocycles. The first-order valence-electron chi connectivity index (χ1n) is 11.0. The highest BCUT2D eigenvalue weighted by Gasteiger charge is 2.33. The van der Waals surface area contributed by atoms with Crippen molar-refractivity contribution in [2.75, 3.05) is 5.32 Å². The van der Waals surface area contributed by atoms with Crippen LogP contribution in [0.3, 0.4) is 0 Å². The standard InChI is InChI=1S/C23H17F2N9O2/c24-20(25)15-10-14(11-27-21(15)34-28-7-8-29-34)31-23(36)16-12-30-33(19(16)13-3-4-13)17-2-1-9-32-18(35)5-6-26-22(17)32/h1-2,5-13,20H,3-4H2,(H,31,36). The van der Waals surface area contributed by atoms with Crippen LogP contribution in [0.5, 0.6) is 0 Å². The molecule has 11 nitrogen and oxygen atoms in total. The highest BCUT2D eigenvalue weighted by molar-refractivity contribution is 6.05. The second kappa shape index (κ2) is 8.45. The Balaban J connectivity index is 1.37. The number of hydrogen-bond donors (Lipinski definition) is 1. The average Bonchev–Trinajstić information content (AvgIpc) is 3.38. The predicted octanol–water partition coefficient (Wildman–Crippen LogP) is 2.92. The molecule has 0 aliphatic heterocycles. The van der Waals surface area contributed by atoms with E-state index in [0.29, 0.717) is 22.6 Å². The minimum Gasteiger partial charge on any atom is -0.320 e. The van der Waals surface area contributed by atoms with E-state index in [1.165, 1.54) is 41.5 Å². The summed E-state index contributed by atoms with van der Waals surface area (Å²) in [7, 11) is 0. The van der Waals surface area contributed by atoms with Gasteiger partial charge in [-0.1, -0.05) is 0 Å². The quantitative estimate of drug-likeness (QED) is 0.389. The molecule has 180 valence electrons. The minimum absolute atomic E-state index is 0.0898. The zero-order valence-corrected chi connectivity index (χ0v) is 18.5. The number of amides is 1. The van der Waals surface area contributed by atoms with Crippen LogP contribution in [-0.4, -0.2) is 45.1 Å². The number of nitrogens with zero attached hydrogens (tertiary/aromatic N) is 8. The summed E-state index contributed by atoms with van der Waals surface area (Å²) in [6.07, 6.45) is 7.31. The van der Waals surface area contributed by atoms with Crippen molar-refractivity contribution in [3.63, 3.8) is 0 Å². The third kappa shape index (κ3) is 3.70. The van der Waals surface area contributed by atoms with E-state index in [1.807, 2.05) is 0 Å². The first kappa shape index (κ1) is 21.7. The Labute approximate surface area is 201 Å². The summed E-state index contributed by atoms with van der Waals surface area (Å²) in [6.45, 7) is 0. The fourth-order valence-electron chi connectivity index (χ4n) is 4.08. The Hall–Kier alpha value is -4.81. The highest BCUT2D eigenvalue weighted by atomic mass is 19.3. The van der Waals surface area contributed by atoms with Crippen LogP contribution >= 0.6 is 0 Å². The third-order valence-electron chi connectivity index (χ3n) is 5.84. The van der Waals surface area contributed by atoms with Gasteiger partial charge < -0.3 is 5.32 Å². The molecule has 5 aromatic rings. The number of fused-ring (bicyclic) bond motifs is 1. The summed E-state index contributed by atoms with van der Waals surface area (Å²) in [4.78, 5) is 34.8. The van der Waals surface area contributed by atoms with E-state index in [9.17, 15) is 18.4 Å². The van der Waals surface area contributed by atoms with Gasteiger partial charge >= 0.3 is 0 Å². The number of carbonyl (C=O) groups excluding carboxylic acids is 1. The first-order valence-corrected chi connectivity index (χ1v) is 11.0. The van der Waals surface area contributed by atoms with Gasteiger partial charge in [0.05, 0.1) is 47.3 Å². The van der Waals surface area contributed by atoms with Crippen molar-refractivity contribution in [1.29, 1.82) is 0 Å². The van der Waals surface area contributed by atoms with E-state index in [-0.39, 0.29) is 23.0 Å². The van der Waals surface area contributed by atoms with Crippen molar-refractivity contribution in [1.82, 2.24) is 39.1 Å². The van der Waals surface area contributed by atoms with E-state index in [1.54, 1.807) is 23.0 Å². The van der Waals surface area contributed by atoms with Gasteiger partial charge in [0, 0.05) is 24.4 Å². The van der Waals surface area contributed by atoms with Crippen LogP contribution in [0.2, 0.25) is 0 Å². The number of rotatable bonds is 6. The Morgan fingerprint density at radius 3 is 2.61 bits per heavy atom. The number of pyridine rings is 2. The highest BCUT2D eigenvalue weighted by Crippen LogP contribution is 2.43. The van der Waals surface area contributed by atoms with Crippen LogP contribution < -0.4 is 10.9 Å². The van der Waals surface area contributed by atoms with E-state index >= 15 is 0 Å². The SMILES string of the molecule is O=C(Nc1cnc(-n2nccn2)c(C(F)F)c1)c1cnn(-c2cccn3c(=O)ccnc23)c1C1CC1. The number of nitrogens with one attached hydrogen (secondary N) is 1. The minimum atomic E-state index is -2.86. The molecule has 1 aliphatic rings. The normalized spacial score (nSPS) is 13.4. The molecule has 13 heteroatoms. The lowest BCUT2D eigenvalue weighted by molar-refractivity contribution is 0.102. The largest absolute Gasteiger partial charge is 0.320 e. The molecule has 1 amide bonds. The number of alkyl halides is 2. The predicted molar refractivity (Wildman–Crippen MR) is 123 cm³/mol. The lowest BCUT2D eigenvalue weighted by Crippen LogP contribution is -2.17. The summed E-state index contributed by atoms with van der Waals surface area (Å²) in [5.41, 5.74) is 1.35. The Kier molecular flexibility index (Phi) is 5.09. The van der Waals surface area contributed by atoms with Crippen molar-refractivity contribution < 1.29 is 13.6 Å². The van der Waals surface area contributed by atoms with E-state index < -0.39 is 17.9 Å². The lowest BCUT2D eigenvalue weighted by atomic mass is 10.1. The molecule has 0 aromatic carbocycles. The molecule has 0 spiro atoms. The molecule has 36 heavy (non-hydrogen) atoms. The van der Waals surface area contributed by atoms with Gasteiger partial charge in [-0.05, 0) is 31.0 Å². The molecule has 5 heterocycles. The van der Waals surface area contributed by atoms with Gasteiger partial charge in [0.25, 0.3) is 17.9 Å². The lowest BCUT2D eigenvalue weighted by Gasteiger charge is -2.12. The molecule has 0 radical (unpaired) electrons. The number of hydrogen-bond acceptors (Lipinski definition) is 7. The molecular formula is C23H17F2N9O2. The van der Waals surface area contributed by atoms with E-state index in [0.717, 1.165) is 23.7 Å². The maximum absolute atomic E-state index is 13.7. The molecule has 6 rings (SSSR count). The van der Waals surface area contributed by atoms with Crippen molar-refractivity contribution in [3.8, 4) is 11.5 Å². The van der Waals surface area contributed by atoms with Crippen molar-refractivity contribution in [3.05, 3.63) is 88.6 Å². The van der Waals surface area contributed by atoms with Gasteiger partial charge in [-0.25, -0.2) is 23.4 Å². The maximum atomic E-state index is 13.7. The van der Waals surface area contributed by atoms with Crippen LogP contribution in [0, 0.1) is 0 Å². The van der Waals surface area contributed by atoms with Crippen LogP contribution in [-0.2, 0) is 0 Å². The summed E-state index contributed by atoms with van der Waals surface area (Å²) in [5, 5.41) is 14.8. The molecule has 0 unspecified atom stereocenters. The molecule has 0 atom stereocenters. The summed E-state index contributed by atoms with van der Waals surface area (Å²) in [5.74, 6) is -0.550. The molecule has 1 aliphatic carbocycles. The number of anilines is 1. The molecule has 0 bridgehead atoms. The van der Waals surface area contributed by atoms with E-state index in [2.05, 4.69) is 30.6 Å². The first-order chi connectivity index (χ1) is 17.5. The molecule has 5 aromatic heterocycles. The number of halogens is 2. The van der Waals surface area contributed by atoms with Crippen LogP contribution in [0.25, 0.3) is 17.2 Å². The van der Waals surface area contributed by atoms with E-state index in [4.69, 9.17) is 0 Å². The topological polar surface area (TPSA) is 125 Å². The van der Waals surface area contributed by atoms with Gasteiger partial charge in [-0.2, -0.15) is 15.3 Å². The fraction of sp³-hybridized carbons (Fsp3) is 0.174. The number of aromatic nitrogens is 8. The molecule has 1 N–H and O–H groups in total. The second-order valence-corrected chi connectivity index (χ2v) is 8.21. The zero-order chi connectivity index (χ0) is 24.8. The molecular weight excluding hydrogens is 472 g/mol. The number of carbonyl (C=O) groups is 1. The second-order valence-electron chi connectivity index (χ2n) is 8.21. The van der Waals surface area contributed by atoms with Gasteiger partial charge in [0.15, 0.2) is 11.5 Å². The zero-order valence-electron chi connectivity index (χ0n) is 18.5. The Morgan fingerprint density at radius 1 is 1.06 bits per heavy atom. The summed E-state index contributed by atoms with van der Waals surface area (Å²) in [6, 6.07) is 5.98. The fourth-order valence-corrected chi connectivity index (χ4v) is 4.08. The van der Waals surface area contributed by atoms with Gasteiger partial charge in [-0.3, -0.25) is 14.0 Å². The average molecular weight is 489 g/mol. The van der Waals surface area contributed by atoms with Crippen LogP contribution in [0.15, 0.2) is 66.2 Å². The Bertz CT molecular complexity index is 1660. The van der Waals surface area contributed by atoms with Crippen molar-refractivity contribution >= 4 is 17.2 Å². The van der Waals surface area contributed by atoms with Crippen LogP contribution in [0.4, 0.5) is 14.5 Å². The summed E-state index contributed by atoms with van der Waals surface area (Å²) >= 11 is 0. The van der Waals surface area contributed by atoms with Crippen LogP contribution in [0.1, 0.15) is 46.8 Å². The van der Waals surface area contributed by atoms with Gasteiger partial charge in [0.2, 0.25) is 0 Å². The van der Waals surface area contributed by atoms with Crippen molar-refractivity contribution in [2.45, 2.75) is 25.2 Å². The van der Waals surface area contributed by atoms with Gasteiger partial charge in [-0.15, -0.1) is 4.80 Å². The van der Waals surface area contributed by atoms with Gasteiger partial charge in [0.1, 0.15) is 5.69 Å². The maximum Gasteiger partial charge on any atom is 0.267 e.